The predicted octanol–water partition coefficient (Wildman–Crippen LogP) is 3.36. The van der Waals surface area contributed by atoms with E-state index in [-0.39, 0.29) is 17.2 Å². The highest BCUT2D eigenvalue weighted by Gasteiger charge is 2.21. The molecular weight excluding hydrogens is 372 g/mol. The van der Waals surface area contributed by atoms with Crippen LogP contribution in [0.3, 0.4) is 0 Å². The Bertz CT molecular complexity index is 799. The van der Waals surface area contributed by atoms with Crippen LogP contribution in [0.2, 0.25) is 0 Å². The third kappa shape index (κ3) is 7.37. The van der Waals surface area contributed by atoms with Crippen LogP contribution in [0.25, 0.3) is 0 Å². The fourth-order valence-corrected chi connectivity index (χ4v) is 4.35. The zero-order valence-corrected chi connectivity index (χ0v) is 18.1. The van der Waals surface area contributed by atoms with Crippen LogP contribution in [0.15, 0.2) is 43.0 Å². The number of unbranched alkanes of at least 4 members (excludes halogenated alkanes) is 1. The Morgan fingerprint density at radius 2 is 1.93 bits per heavy atom. The van der Waals surface area contributed by atoms with Gasteiger partial charge in [0.2, 0.25) is 10.0 Å². The fraction of sp³-hybridized carbons (Fsp3) is 0.571. The standard InChI is InChI=1S/C21H34N4O2S/c1-4-5-7-19(16-28(22,26)27)18-8-10-20(11-9-18)21(2,3)24-12-6-14-25-15-13-23-17-25/h8-11,13,15,17,19,24H,4-7,12,14,16H2,1-3H3,(H2,22,26,27). The van der Waals surface area contributed by atoms with Gasteiger partial charge in [-0.15, -0.1) is 0 Å². The van der Waals surface area contributed by atoms with E-state index in [1.54, 1.807) is 6.20 Å². The molecule has 0 aliphatic heterocycles. The molecule has 7 heteroatoms. The van der Waals surface area contributed by atoms with Crippen molar-refractivity contribution >= 4 is 10.0 Å². The van der Waals surface area contributed by atoms with E-state index in [1.807, 2.05) is 12.5 Å². The van der Waals surface area contributed by atoms with Gasteiger partial charge in [0.25, 0.3) is 0 Å². The number of aromatic nitrogens is 2. The fourth-order valence-electron chi connectivity index (χ4n) is 3.43. The maximum atomic E-state index is 11.6. The van der Waals surface area contributed by atoms with Gasteiger partial charge in [-0.25, -0.2) is 18.5 Å². The number of hydrogen-bond acceptors (Lipinski definition) is 4. The summed E-state index contributed by atoms with van der Waals surface area (Å²) in [6.45, 7) is 8.28. The summed E-state index contributed by atoms with van der Waals surface area (Å²) in [4.78, 5) is 4.06. The lowest BCUT2D eigenvalue weighted by Crippen LogP contribution is -2.37. The largest absolute Gasteiger partial charge is 0.337 e. The van der Waals surface area contributed by atoms with Crippen molar-refractivity contribution in [3.05, 3.63) is 54.1 Å². The summed E-state index contributed by atoms with van der Waals surface area (Å²) in [5.41, 5.74) is 2.07. The first-order valence-corrected chi connectivity index (χ1v) is 11.7. The SMILES string of the molecule is CCCCC(CS(N)(=O)=O)c1ccc(C(C)(C)NCCCn2ccnc2)cc1. The summed E-state index contributed by atoms with van der Waals surface area (Å²) in [6.07, 6.45) is 9.48. The maximum absolute atomic E-state index is 11.6. The summed E-state index contributed by atoms with van der Waals surface area (Å²) in [5.74, 6) is -0.0438. The van der Waals surface area contributed by atoms with Crippen molar-refractivity contribution in [2.24, 2.45) is 5.14 Å². The highest BCUT2D eigenvalue weighted by atomic mass is 32.2. The van der Waals surface area contributed by atoms with E-state index < -0.39 is 10.0 Å². The molecule has 2 rings (SSSR count). The molecule has 0 spiro atoms. The second-order valence-electron chi connectivity index (χ2n) is 8.00. The number of primary sulfonamides is 1. The maximum Gasteiger partial charge on any atom is 0.209 e. The molecule has 1 unspecified atom stereocenters. The molecule has 3 N–H and O–H groups in total. The van der Waals surface area contributed by atoms with Crippen LogP contribution in [0, 0.1) is 0 Å². The number of nitrogens with zero attached hydrogens (tertiary/aromatic N) is 2. The Hall–Kier alpha value is -1.70. The Kier molecular flexibility index (Phi) is 8.22. The summed E-state index contributed by atoms with van der Waals surface area (Å²) in [6, 6.07) is 8.30. The van der Waals surface area contributed by atoms with Gasteiger partial charge in [-0.2, -0.15) is 0 Å². The van der Waals surface area contributed by atoms with Gasteiger partial charge in [0.1, 0.15) is 0 Å². The lowest BCUT2D eigenvalue weighted by atomic mass is 9.89. The van der Waals surface area contributed by atoms with Crippen LogP contribution < -0.4 is 10.5 Å². The molecule has 0 saturated heterocycles. The van der Waals surface area contributed by atoms with Gasteiger partial charge in [0.05, 0.1) is 12.1 Å². The van der Waals surface area contributed by atoms with E-state index in [4.69, 9.17) is 5.14 Å². The highest BCUT2D eigenvalue weighted by molar-refractivity contribution is 7.89. The van der Waals surface area contributed by atoms with E-state index in [1.165, 1.54) is 5.56 Å². The quantitative estimate of drug-likeness (QED) is 0.529. The van der Waals surface area contributed by atoms with Gasteiger partial charge in [0.15, 0.2) is 0 Å². The minimum atomic E-state index is -3.49. The zero-order valence-electron chi connectivity index (χ0n) is 17.3. The topological polar surface area (TPSA) is 90.0 Å². The van der Waals surface area contributed by atoms with Crippen molar-refractivity contribution in [2.45, 2.75) is 64.5 Å². The molecule has 0 bridgehead atoms. The zero-order chi connectivity index (χ0) is 20.6. The first-order chi connectivity index (χ1) is 13.2. The van der Waals surface area contributed by atoms with Crippen LogP contribution in [0.4, 0.5) is 0 Å². The third-order valence-electron chi connectivity index (χ3n) is 5.16. The summed E-state index contributed by atoms with van der Waals surface area (Å²) < 4.78 is 25.3. The lowest BCUT2D eigenvalue weighted by Gasteiger charge is -2.28. The Morgan fingerprint density at radius 1 is 1.21 bits per heavy atom. The number of rotatable bonds is 12. The van der Waals surface area contributed by atoms with Crippen LogP contribution in [-0.2, 0) is 22.1 Å². The Morgan fingerprint density at radius 3 is 2.50 bits per heavy atom. The molecule has 1 aromatic heterocycles. The number of benzene rings is 1. The first-order valence-electron chi connectivity index (χ1n) is 10.0. The van der Waals surface area contributed by atoms with Gasteiger partial charge in [-0.05, 0) is 50.3 Å². The van der Waals surface area contributed by atoms with Crippen molar-refractivity contribution < 1.29 is 8.42 Å². The van der Waals surface area contributed by atoms with E-state index in [0.717, 1.165) is 44.3 Å². The number of aryl methyl sites for hydroxylation is 1. The van der Waals surface area contributed by atoms with E-state index in [0.29, 0.717) is 0 Å². The summed E-state index contributed by atoms with van der Waals surface area (Å²) in [5, 5.41) is 8.91. The monoisotopic (exact) mass is 406 g/mol. The molecule has 1 aromatic carbocycles. The number of hydrogen-bond donors (Lipinski definition) is 2. The van der Waals surface area contributed by atoms with E-state index in [9.17, 15) is 8.42 Å². The van der Waals surface area contributed by atoms with Crippen LogP contribution >= 0.6 is 0 Å². The summed E-state index contributed by atoms with van der Waals surface area (Å²) in [7, 11) is -3.49. The number of nitrogens with two attached hydrogens (primary N) is 1. The van der Waals surface area contributed by atoms with Crippen molar-refractivity contribution in [3.63, 3.8) is 0 Å². The smallest absolute Gasteiger partial charge is 0.209 e. The summed E-state index contributed by atoms with van der Waals surface area (Å²) >= 11 is 0. The molecule has 6 nitrogen and oxygen atoms in total. The molecule has 156 valence electrons. The first kappa shape index (κ1) is 22.6. The number of imidazole rings is 1. The van der Waals surface area contributed by atoms with Crippen molar-refractivity contribution in [1.82, 2.24) is 14.9 Å². The van der Waals surface area contributed by atoms with Crippen molar-refractivity contribution in [3.8, 4) is 0 Å². The lowest BCUT2D eigenvalue weighted by molar-refractivity contribution is 0.392. The second-order valence-corrected chi connectivity index (χ2v) is 9.66. The molecule has 1 heterocycles. The van der Waals surface area contributed by atoms with Gasteiger partial charge in [0, 0.05) is 24.5 Å². The molecule has 0 radical (unpaired) electrons. The second kappa shape index (κ2) is 10.2. The molecule has 0 aliphatic carbocycles. The Balaban J connectivity index is 1.97. The number of sulfonamides is 1. The number of nitrogens with one attached hydrogen (secondary N) is 1. The van der Waals surface area contributed by atoms with Crippen LogP contribution in [0.1, 0.15) is 63.5 Å². The average molecular weight is 407 g/mol. The molecule has 1 atom stereocenters. The van der Waals surface area contributed by atoms with Crippen molar-refractivity contribution in [2.75, 3.05) is 12.3 Å². The molecule has 0 saturated carbocycles. The molecule has 2 aromatic rings. The van der Waals surface area contributed by atoms with Gasteiger partial charge in [-0.1, -0.05) is 44.0 Å². The van der Waals surface area contributed by atoms with Crippen molar-refractivity contribution in [1.29, 1.82) is 0 Å². The molecule has 0 fully saturated rings. The van der Waals surface area contributed by atoms with E-state index in [2.05, 4.69) is 59.9 Å². The average Bonchev–Trinajstić information content (AvgIpc) is 3.15. The van der Waals surface area contributed by atoms with Gasteiger partial charge < -0.3 is 9.88 Å². The normalized spacial score (nSPS) is 13.6. The molecule has 0 aliphatic rings. The van der Waals surface area contributed by atoms with Crippen LogP contribution in [-0.4, -0.2) is 30.3 Å². The minimum absolute atomic E-state index is 0.00222. The Labute approximate surface area is 169 Å². The van der Waals surface area contributed by atoms with Gasteiger partial charge >= 0.3 is 0 Å². The predicted molar refractivity (Wildman–Crippen MR) is 115 cm³/mol. The highest BCUT2D eigenvalue weighted by Crippen LogP contribution is 2.27. The molecular formula is C21H34N4O2S. The third-order valence-corrected chi connectivity index (χ3v) is 6.03. The van der Waals surface area contributed by atoms with Crippen LogP contribution in [0.5, 0.6) is 0 Å². The molecule has 28 heavy (non-hydrogen) atoms. The minimum Gasteiger partial charge on any atom is -0.337 e. The van der Waals surface area contributed by atoms with E-state index >= 15 is 0 Å². The van der Waals surface area contributed by atoms with Gasteiger partial charge in [-0.3, -0.25) is 0 Å². The molecule has 0 amide bonds.